The van der Waals surface area contributed by atoms with Gasteiger partial charge in [0.25, 0.3) is 0 Å². The molecular formula is C16H25NO2. The predicted molar refractivity (Wildman–Crippen MR) is 78.5 cm³/mol. The van der Waals surface area contributed by atoms with Crippen LogP contribution in [0.1, 0.15) is 48.5 Å². The van der Waals surface area contributed by atoms with E-state index < -0.39 is 0 Å². The zero-order chi connectivity index (χ0) is 13.9. The lowest BCUT2D eigenvalue weighted by Crippen LogP contribution is -2.16. The van der Waals surface area contributed by atoms with E-state index in [-0.39, 0.29) is 5.97 Å². The van der Waals surface area contributed by atoms with Gasteiger partial charge in [-0.05, 0) is 57.3 Å². The van der Waals surface area contributed by atoms with Gasteiger partial charge in [0.2, 0.25) is 0 Å². The van der Waals surface area contributed by atoms with Crippen molar-refractivity contribution in [1.82, 2.24) is 5.32 Å². The van der Waals surface area contributed by atoms with E-state index in [4.69, 9.17) is 4.74 Å². The second kappa shape index (κ2) is 9.56. The lowest BCUT2D eigenvalue weighted by Gasteiger charge is -2.07. The first-order chi connectivity index (χ1) is 9.25. The topological polar surface area (TPSA) is 38.3 Å². The molecule has 0 radical (unpaired) electrons. The minimum atomic E-state index is -0.206. The van der Waals surface area contributed by atoms with E-state index in [1.165, 1.54) is 6.42 Å². The summed E-state index contributed by atoms with van der Waals surface area (Å²) in [7, 11) is 0. The van der Waals surface area contributed by atoms with Crippen molar-refractivity contribution < 1.29 is 9.53 Å². The minimum Gasteiger partial charge on any atom is -0.462 e. The molecular weight excluding hydrogens is 238 g/mol. The Hall–Kier alpha value is -1.35. The highest BCUT2D eigenvalue weighted by molar-refractivity contribution is 5.90. The molecule has 0 bridgehead atoms. The summed E-state index contributed by atoms with van der Waals surface area (Å²) in [5.74, 6) is -0.206. The average Bonchev–Trinajstić information content (AvgIpc) is 2.42. The van der Waals surface area contributed by atoms with Gasteiger partial charge in [-0.25, -0.2) is 4.79 Å². The van der Waals surface area contributed by atoms with E-state index in [1.807, 2.05) is 31.2 Å². The first-order valence-corrected chi connectivity index (χ1v) is 7.19. The Kier molecular flexibility index (Phi) is 7.91. The summed E-state index contributed by atoms with van der Waals surface area (Å²) in [6.07, 6.45) is 4.35. The molecule has 1 aromatic carbocycles. The lowest BCUT2D eigenvalue weighted by molar-refractivity contribution is 0.0497. The maximum atomic E-state index is 11.8. The van der Waals surface area contributed by atoms with Crippen LogP contribution in [-0.2, 0) is 4.74 Å². The van der Waals surface area contributed by atoms with Crippen LogP contribution in [0.5, 0.6) is 0 Å². The smallest absolute Gasteiger partial charge is 0.338 e. The average molecular weight is 263 g/mol. The molecule has 1 N–H and O–H groups in total. The van der Waals surface area contributed by atoms with Gasteiger partial charge in [-0.1, -0.05) is 25.1 Å². The van der Waals surface area contributed by atoms with Gasteiger partial charge in [0, 0.05) is 0 Å². The number of unbranched alkanes of at least 4 members (excludes halogenated alkanes) is 2. The summed E-state index contributed by atoms with van der Waals surface area (Å²) in [5.41, 5.74) is 1.64. The molecule has 0 amide bonds. The number of esters is 1. The van der Waals surface area contributed by atoms with Crippen LogP contribution in [0.3, 0.4) is 0 Å². The molecule has 0 saturated carbocycles. The maximum absolute atomic E-state index is 11.8. The predicted octanol–water partition coefficient (Wildman–Crippen LogP) is 3.32. The molecule has 0 aliphatic carbocycles. The number of aryl methyl sites for hydroxylation is 1. The van der Waals surface area contributed by atoms with Gasteiger partial charge < -0.3 is 10.1 Å². The molecule has 0 aliphatic heterocycles. The Bertz CT molecular complexity index is 377. The highest BCUT2D eigenvalue weighted by Gasteiger charge is 2.08. The monoisotopic (exact) mass is 263 g/mol. The van der Waals surface area contributed by atoms with Gasteiger partial charge in [0.05, 0.1) is 12.2 Å². The number of ether oxygens (including phenoxy) is 1. The number of hydrogen-bond acceptors (Lipinski definition) is 3. The van der Waals surface area contributed by atoms with Crippen molar-refractivity contribution in [2.45, 2.75) is 39.5 Å². The fourth-order valence-corrected chi connectivity index (χ4v) is 1.88. The number of rotatable bonds is 9. The van der Waals surface area contributed by atoms with Crippen molar-refractivity contribution in [1.29, 1.82) is 0 Å². The van der Waals surface area contributed by atoms with Crippen LogP contribution >= 0.6 is 0 Å². The Morgan fingerprint density at radius 3 is 2.68 bits per heavy atom. The molecule has 3 heteroatoms. The summed E-state index contributed by atoms with van der Waals surface area (Å²) in [6.45, 7) is 6.75. The maximum Gasteiger partial charge on any atom is 0.338 e. The van der Waals surface area contributed by atoms with E-state index in [9.17, 15) is 4.79 Å². The lowest BCUT2D eigenvalue weighted by atomic mass is 10.1. The summed E-state index contributed by atoms with van der Waals surface area (Å²) < 4.78 is 5.28. The largest absolute Gasteiger partial charge is 0.462 e. The van der Waals surface area contributed by atoms with E-state index in [0.29, 0.717) is 12.2 Å². The van der Waals surface area contributed by atoms with Crippen LogP contribution < -0.4 is 5.32 Å². The quantitative estimate of drug-likeness (QED) is 0.548. The van der Waals surface area contributed by atoms with Crippen LogP contribution in [0.4, 0.5) is 0 Å². The van der Waals surface area contributed by atoms with Crippen molar-refractivity contribution in [3.05, 3.63) is 35.4 Å². The highest BCUT2D eigenvalue weighted by Crippen LogP contribution is 2.09. The molecule has 0 heterocycles. The fourth-order valence-electron chi connectivity index (χ4n) is 1.88. The van der Waals surface area contributed by atoms with Crippen LogP contribution in [0, 0.1) is 6.92 Å². The van der Waals surface area contributed by atoms with Crippen LogP contribution in [0.25, 0.3) is 0 Å². The van der Waals surface area contributed by atoms with Crippen molar-refractivity contribution in [2.24, 2.45) is 0 Å². The summed E-state index contributed by atoms with van der Waals surface area (Å²) in [5, 5.41) is 3.36. The van der Waals surface area contributed by atoms with Gasteiger partial charge in [-0.15, -0.1) is 0 Å². The van der Waals surface area contributed by atoms with Gasteiger partial charge in [0.1, 0.15) is 0 Å². The first kappa shape index (κ1) is 15.7. The number of nitrogens with one attached hydrogen (secondary N) is 1. The third-order valence-corrected chi connectivity index (χ3v) is 3.02. The molecule has 3 nitrogen and oxygen atoms in total. The number of benzene rings is 1. The van der Waals surface area contributed by atoms with Gasteiger partial charge >= 0.3 is 5.97 Å². The molecule has 0 fully saturated rings. The van der Waals surface area contributed by atoms with E-state index in [1.54, 1.807) is 0 Å². The Balaban J connectivity index is 2.10. The standard InChI is InChI=1S/C16H25NO2/c1-3-11-17-12-7-4-8-13-19-16(18)15-10-6-5-9-14(15)2/h5-6,9-10,17H,3-4,7-8,11-13H2,1-2H3. The van der Waals surface area contributed by atoms with Crippen molar-refractivity contribution >= 4 is 5.97 Å². The fraction of sp³-hybridized carbons (Fsp3) is 0.562. The highest BCUT2D eigenvalue weighted by atomic mass is 16.5. The third kappa shape index (κ3) is 6.39. The van der Waals surface area contributed by atoms with Gasteiger partial charge in [-0.3, -0.25) is 0 Å². The molecule has 1 aromatic rings. The molecule has 0 unspecified atom stereocenters. The van der Waals surface area contributed by atoms with Crippen LogP contribution in [0.15, 0.2) is 24.3 Å². The zero-order valence-corrected chi connectivity index (χ0v) is 12.1. The Morgan fingerprint density at radius 2 is 1.95 bits per heavy atom. The zero-order valence-electron chi connectivity index (χ0n) is 12.1. The van der Waals surface area contributed by atoms with E-state index >= 15 is 0 Å². The normalized spacial score (nSPS) is 10.4. The van der Waals surface area contributed by atoms with E-state index in [0.717, 1.165) is 37.9 Å². The number of carbonyl (C=O) groups is 1. The van der Waals surface area contributed by atoms with Gasteiger partial charge in [0.15, 0.2) is 0 Å². The Labute approximate surface area is 116 Å². The molecule has 0 aromatic heterocycles. The SMILES string of the molecule is CCCNCCCCCOC(=O)c1ccccc1C. The molecule has 19 heavy (non-hydrogen) atoms. The second-order valence-corrected chi connectivity index (χ2v) is 4.76. The first-order valence-electron chi connectivity index (χ1n) is 7.19. The van der Waals surface area contributed by atoms with E-state index in [2.05, 4.69) is 12.2 Å². The van der Waals surface area contributed by atoms with Crippen LogP contribution in [-0.4, -0.2) is 25.7 Å². The van der Waals surface area contributed by atoms with Crippen molar-refractivity contribution in [3.63, 3.8) is 0 Å². The summed E-state index contributed by atoms with van der Waals surface area (Å²) >= 11 is 0. The van der Waals surface area contributed by atoms with Crippen LogP contribution in [0.2, 0.25) is 0 Å². The summed E-state index contributed by atoms with van der Waals surface area (Å²) in [6, 6.07) is 7.53. The molecule has 0 aliphatic rings. The molecule has 0 atom stereocenters. The Morgan fingerprint density at radius 1 is 1.16 bits per heavy atom. The minimum absolute atomic E-state index is 0.206. The molecule has 0 spiro atoms. The summed E-state index contributed by atoms with van der Waals surface area (Å²) in [4.78, 5) is 11.8. The molecule has 0 saturated heterocycles. The van der Waals surface area contributed by atoms with Gasteiger partial charge in [-0.2, -0.15) is 0 Å². The molecule has 106 valence electrons. The third-order valence-electron chi connectivity index (χ3n) is 3.02. The second-order valence-electron chi connectivity index (χ2n) is 4.76. The number of hydrogen-bond donors (Lipinski definition) is 1. The van der Waals surface area contributed by atoms with Crippen molar-refractivity contribution in [2.75, 3.05) is 19.7 Å². The number of carbonyl (C=O) groups excluding carboxylic acids is 1. The molecule has 1 rings (SSSR count). The van der Waals surface area contributed by atoms with Crippen molar-refractivity contribution in [3.8, 4) is 0 Å².